The van der Waals surface area contributed by atoms with Crippen LogP contribution in [0.5, 0.6) is 0 Å². The molecule has 0 saturated carbocycles. The third kappa shape index (κ3) is 9.69. The lowest BCUT2D eigenvalue weighted by molar-refractivity contribution is -0.151. The van der Waals surface area contributed by atoms with Crippen molar-refractivity contribution in [2.45, 2.75) is 64.8 Å². The molecular weight excluding hydrogens is 473 g/mol. The Hall–Kier alpha value is -1.93. The highest BCUT2D eigenvalue weighted by molar-refractivity contribution is 7.93. The highest BCUT2D eigenvalue weighted by Crippen LogP contribution is 2.36. The zero-order valence-electron chi connectivity index (χ0n) is 17.1. The number of hydrogen-bond donors (Lipinski definition) is 3. The summed E-state index contributed by atoms with van der Waals surface area (Å²) >= 11 is 2.53. The number of nitrogens with zero attached hydrogens (tertiary/aromatic N) is 3. The molecule has 0 radical (unpaired) electrons. The fraction of sp³-hybridized carbons (Fsp3) is 0.667. The van der Waals surface area contributed by atoms with Gasteiger partial charge in [0.25, 0.3) is 5.91 Å². The standard InChI is InChI=1S/C17H23F3N4O4S.CH4.H2OS/c1-16(2,3)28-15(26)23-12-5-9-29(27,24-14(12)25)8-4-11(17(18,19)20)13-10-21-6-7-22-13;;1-2/h6-7,10-12H,4-5,8-9H2,1-3H3,(H,23,26);1H4;1-2H/t11?,12-,29?;;/m0../s1. The molecule has 1 aromatic rings. The predicted molar refractivity (Wildman–Crippen MR) is 117 cm³/mol. The van der Waals surface area contributed by atoms with Gasteiger partial charge in [0.2, 0.25) is 0 Å². The first-order valence-corrected chi connectivity index (χ1v) is 11.3. The van der Waals surface area contributed by atoms with Crippen molar-refractivity contribution in [3.8, 4) is 0 Å². The first-order valence-electron chi connectivity index (χ1n) is 9.08. The van der Waals surface area contributed by atoms with E-state index in [1.807, 2.05) is 0 Å². The van der Waals surface area contributed by atoms with E-state index >= 15 is 0 Å². The number of carbonyl (C=O) groups is 2. The maximum Gasteiger partial charge on any atom is 0.408 e. The Labute approximate surface area is 191 Å². The molecule has 1 aliphatic heterocycles. The van der Waals surface area contributed by atoms with Crippen molar-refractivity contribution >= 4 is 34.6 Å². The summed E-state index contributed by atoms with van der Waals surface area (Å²) in [5, 5.41) is 2.35. The van der Waals surface area contributed by atoms with Crippen LogP contribution in [0.4, 0.5) is 18.0 Å². The van der Waals surface area contributed by atoms with Gasteiger partial charge in [-0.1, -0.05) is 7.43 Å². The van der Waals surface area contributed by atoms with Gasteiger partial charge in [-0.2, -0.15) is 17.5 Å². The van der Waals surface area contributed by atoms with Crippen molar-refractivity contribution in [3.05, 3.63) is 24.3 Å². The topological polar surface area (TPSA) is 131 Å². The average Bonchev–Trinajstić information content (AvgIpc) is 2.64. The number of hydrogen-bond acceptors (Lipinski definition) is 8. The van der Waals surface area contributed by atoms with Crippen molar-refractivity contribution < 1.29 is 36.3 Å². The number of nitrogens with one attached hydrogen (secondary N) is 1. The second-order valence-corrected chi connectivity index (χ2v) is 10.2. The first kappa shape index (κ1) is 30.1. The Morgan fingerprint density at radius 1 is 1.34 bits per heavy atom. The normalized spacial score (nSPS) is 21.8. The average molecular weight is 503 g/mol. The highest BCUT2D eigenvalue weighted by Gasteiger charge is 2.42. The fourth-order valence-electron chi connectivity index (χ4n) is 2.70. The van der Waals surface area contributed by atoms with Crippen LogP contribution in [-0.4, -0.2) is 60.1 Å². The summed E-state index contributed by atoms with van der Waals surface area (Å²) in [6.45, 7) is 4.96. The van der Waals surface area contributed by atoms with Gasteiger partial charge in [-0.15, -0.1) is 0 Å². The van der Waals surface area contributed by atoms with E-state index in [-0.39, 0.29) is 25.3 Å². The van der Waals surface area contributed by atoms with Gasteiger partial charge in [0.05, 0.1) is 21.3 Å². The summed E-state index contributed by atoms with van der Waals surface area (Å²) in [6, 6.07) is -1.02. The summed E-state index contributed by atoms with van der Waals surface area (Å²) in [5.41, 5.74) is -1.05. The number of rotatable bonds is 5. The van der Waals surface area contributed by atoms with Gasteiger partial charge in [0, 0.05) is 30.1 Å². The van der Waals surface area contributed by atoms with Crippen LogP contribution in [0.25, 0.3) is 0 Å². The van der Waals surface area contributed by atoms with Gasteiger partial charge < -0.3 is 14.6 Å². The Kier molecular flexibility index (Phi) is 11.6. The maximum atomic E-state index is 13.4. The van der Waals surface area contributed by atoms with Crippen molar-refractivity contribution in [3.63, 3.8) is 0 Å². The van der Waals surface area contributed by atoms with Crippen LogP contribution in [0, 0.1) is 0 Å². The molecule has 2 unspecified atom stereocenters. The van der Waals surface area contributed by atoms with E-state index in [0.29, 0.717) is 0 Å². The Balaban J connectivity index is 0.00000311. The van der Waals surface area contributed by atoms with Crippen molar-refractivity contribution in [1.82, 2.24) is 15.3 Å². The van der Waals surface area contributed by atoms with E-state index < -0.39 is 57.6 Å². The molecule has 1 aromatic heterocycles. The minimum atomic E-state index is -4.61. The van der Waals surface area contributed by atoms with Crippen LogP contribution < -0.4 is 5.32 Å². The number of ether oxygens (including phenoxy) is 1. The van der Waals surface area contributed by atoms with Gasteiger partial charge in [-0.3, -0.25) is 14.8 Å². The Morgan fingerprint density at radius 2 is 1.97 bits per heavy atom. The summed E-state index contributed by atoms with van der Waals surface area (Å²) in [4.78, 5) is 31.3. The number of thiol groups is 1. The van der Waals surface area contributed by atoms with Crippen molar-refractivity contribution in [2.24, 2.45) is 4.36 Å². The van der Waals surface area contributed by atoms with E-state index in [1.54, 1.807) is 20.8 Å². The molecule has 1 aliphatic rings. The van der Waals surface area contributed by atoms with Gasteiger partial charge in [0.1, 0.15) is 11.6 Å². The largest absolute Gasteiger partial charge is 0.444 e. The number of halogens is 3. The third-order valence-electron chi connectivity index (χ3n) is 4.03. The van der Waals surface area contributed by atoms with E-state index in [9.17, 15) is 27.0 Å². The molecule has 2 heterocycles. The Morgan fingerprint density at radius 3 is 2.44 bits per heavy atom. The fourth-order valence-corrected chi connectivity index (χ4v) is 4.75. The number of alkyl carbamates (subject to hydrolysis) is 1. The summed E-state index contributed by atoms with van der Waals surface area (Å²) in [6.07, 6.45) is -2.55. The minimum Gasteiger partial charge on any atom is -0.444 e. The van der Waals surface area contributed by atoms with E-state index in [2.05, 4.69) is 32.6 Å². The number of alkyl halides is 3. The summed E-state index contributed by atoms with van der Waals surface area (Å²) in [5.74, 6) is -3.32. The second-order valence-electron chi connectivity index (χ2n) is 7.61. The van der Waals surface area contributed by atoms with Crippen molar-refractivity contribution in [2.75, 3.05) is 11.5 Å². The van der Waals surface area contributed by atoms with E-state index in [4.69, 9.17) is 9.29 Å². The zero-order chi connectivity index (χ0) is 23.9. The molecule has 14 heteroatoms. The lowest BCUT2D eigenvalue weighted by atomic mass is 10.0. The SMILES string of the molecule is C.CC(C)(C)OC(=O)N[C@H]1CCS(=O)(CCC(c2cnccn2)C(F)(F)F)=NC1=O.OS. The molecule has 0 fully saturated rings. The molecule has 9 nitrogen and oxygen atoms in total. The predicted octanol–water partition coefficient (Wildman–Crippen LogP) is 3.83. The quantitative estimate of drug-likeness (QED) is 0.412. The highest BCUT2D eigenvalue weighted by atomic mass is 32.2. The minimum absolute atomic E-state index is 0. The number of aromatic nitrogens is 2. The van der Waals surface area contributed by atoms with Crippen molar-refractivity contribution in [1.29, 1.82) is 0 Å². The van der Waals surface area contributed by atoms with Gasteiger partial charge in [0.15, 0.2) is 0 Å². The molecule has 2 amide bonds. The van der Waals surface area contributed by atoms with Crippen LogP contribution in [0.1, 0.15) is 52.7 Å². The smallest absolute Gasteiger partial charge is 0.408 e. The van der Waals surface area contributed by atoms with E-state index in [1.165, 1.54) is 6.20 Å². The van der Waals surface area contributed by atoms with Gasteiger partial charge in [-0.05, 0) is 46.5 Å². The van der Waals surface area contributed by atoms with Gasteiger partial charge >= 0.3 is 12.3 Å². The summed E-state index contributed by atoms with van der Waals surface area (Å²) in [7, 11) is -3.17. The molecule has 0 spiro atoms. The third-order valence-corrected chi connectivity index (χ3v) is 6.29. The summed E-state index contributed by atoms with van der Waals surface area (Å²) < 4.78 is 68.3. The molecule has 2 N–H and O–H groups in total. The van der Waals surface area contributed by atoms with Gasteiger partial charge in [-0.25, -0.2) is 9.00 Å². The van der Waals surface area contributed by atoms with Crippen LogP contribution in [-0.2, 0) is 19.3 Å². The molecule has 0 aliphatic carbocycles. The van der Waals surface area contributed by atoms with E-state index in [0.717, 1.165) is 12.4 Å². The molecule has 0 saturated heterocycles. The molecule has 0 aromatic carbocycles. The van der Waals surface area contributed by atoms with Crippen LogP contribution >= 0.6 is 12.9 Å². The Bertz CT molecular complexity index is 870. The second kappa shape index (κ2) is 12.3. The van der Waals surface area contributed by atoms with Crippen LogP contribution in [0.2, 0.25) is 0 Å². The van der Waals surface area contributed by atoms with Crippen LogP contribution in [0.3, 0.4) is 0 Å². The molecule has 0 bridgehead atoms. The number of carbonyl (C=O) groups excluding carboxylic acids is 2. The maximum absolute atomic E-state index is 13.4. The first-order chi connectivity index (χ1) is 14.3. The van der Waals surface area contributed by atoms with Crippen LogP contribution in [0.15, 0.2) is 23.0 Å². The number of amides is 2. The lowest BCUT2D eigenvalue weighted by Gasteiger charge is -2.25. The molecule has 2 rings (SSSR count). The molecule has 32 heavy (non-hydrogen) atoms. The zero-order valence-corrected chi connectivity index (χ0v) is 18.8. The molecular formula is C18H29F3N4O5S2. The molecule has 184 valence electrons. The monoisotopic (exact) mass is 502 g/mol. The lowest BCUT2D eigenvalue weighted by Crippen LogP contribution is -2.46. The molecule has 3 atom stereocenters.